The normalized spacial score (nSPS) is 11.8. The molecular weight excluding hydrogens is 256 g/mol. The lowest BCUT2D eigenvalue weighted by Crippen LogP contribution is -2.17. The lowest BCUT2D eigenvalue weighted by Gasteiger charge is -2.13. The molecule has 1 heterocycles. The van der Waals surface area contributed by atoms with Crippen molar-refractivity contribution in [3.05, 3.63) is 54.4 Å². The molecule has 2 rings (SSSR count). The molecule has 0 bridgehead atoms. The summed E-state index contributed by atoms with van der Waals surface area (Å²) in [6, 6.07) is 10.1. The van der Waals surface area contributed by atoms with Gasteiger partial charge in [-0.05, 0) is 37.3 Å². The Bertz CT molecular complexity index is 605. The van der Waals surface area contributed by atoms with Gasteiger partial charge in [0.1, 0.15) is 0 Å². The standard InChI is InChI=1S/C15H16N2O3/c1-11(17-7-2-3-8-17)9-14(18)16-13-6-4-5-12(10-13)15(19)20/h2-8,10-11H,9H2,1H3,(H,16,18)(H,19,20)/t11-/m0/s1. The van der Waals surface area contributed by atoms with E-state index in [1.165, 1.54) is 12.1 Å². The van der Waals surface area contributed by atoms with Gasteiger partial charge < -0.3 is 15.0 Å². The van der Waals surface area contributed by atoms with E-state index >= 15 is 0 Å². The number of aromatic nitrogens is 1. The zero-order valence-electron chi connectivity index (χ0n) is 11.1. The van der Waals surface area contributed by atoms with Crippen LogP contribution in [0.3, 0.4) is 0 Å². The molecule has 1 amide bonds. The van der Waals surface area contributed by atoms with Gasteiger partial charge in [-0.1, -0.05) is 6.07 Å². The maximum Gasteiger partial charge on any atom is 0.335 e. The number of hydrogen-bond acceptors (Lipinski definition) is 2. The van der Waals surface area contributed by atoms with E-state index in [1.54, 1.807) is 12.1 Å². The van der Waals surface area contributed by atoms with Crippen LogP contribution in [0.1, 0.15) is 29.7 Å². The summed E-state index contributed by atoms with van der Waals surface area (Å²) in [7, 11) is 0. The molecule has 1 aromatic heterocycles. The topological polar surface area (TPSA) is 71.3 Å². The van der Waals surface area contributed by atoms with Crippen molar-refractivity contribution in [2.75, 3.05) is 5.32 Å². The van der Waals surface area contributed by atoms with Gasteiger partial charge in [0.2, 0.25) is 5.91 Å². The largest absolute Gasteiger partial charge is 0.478 e. The summed E-state index contributed by atoms with van der Waals surface area (Å²) in [6.07, 6.45) is 4.14. The second-order valence-electron chi connectivity index (χ2n) is 4.62. The third-order valence-corrected chi connectivity index (χ3v) is 3.01. The van der Waals surface area contributed by atoms with E-state index in [9.17, 15) is 9.59 Å². The summed E-state index contributed by atoms with van der Waals surface area (Å²) in [5, 5.41) is 11.6. The summed E-state index contributed by atoms with van der Waals surface area (Å²) < 4.78 is 1.95. The lowest BCUT2D eigenvalue weighted by molar-refractivity contribution is -0.116. The maximum atomic E-state index is 11.9. The second-order valence-corrected chi connectivity index (χ2v) is 4.62. The fourth-order valence-corrected chi connectivity index (χ4v) is 1.96. The number of rotatable bonds is 5. The van der Waals surface area contributed by atoms with Crippen molar-refractivity contribution in [1.82, 2.24) is 4.57 Å². The van der Waals surface area contributed by atoms with Crippen LogP contribution in [0.5, 0.6) is 0 Å². The number of anilines is 1. The van der Waals surface area contributed by atoms with Gasteiger partial charge in [0.25, 0.3) is 0 Å². The van der Waals surface area contributed by atoms with Crippen molar-refractivity contribution in [2.24, 2.45) is 0 Å². The smallest absolute Gasteiger partial charge is 0.335 e. The van der Waals surface area contributed by atoms with Gasteiger partial charge >= 0.3 is 5.97 Å². The number of amides is 1. The van der Waals surface area contributed by atoms with Crippen LogP contribution in [0.15, 0.2) is 48.8 Å². The molecule has 0 aliphatic rings. The molecule has 1 aromatic carbocycles. The van der Waals surface area contributed by atoms with Crippen LogP contribution >= 0.6 is 0 Å². The molecule has 5 nitrogen and oxygen atoms in total. The third-order valence-electron chi connectivity index (χ3n) is 3.01. The number of benzene rings is 1. The van der Waals surface area contributed by atoms with E-state index in [4.69, 9.17) is 5.11 Å². The van der Waals surface area contributed by atoms with Crippen molar-refractivity contribution >= 4 is 17.6 Å². The van der Waals surface area contributed by atoms with Gasteiger partial charge in [-0.3, -0.25) is 4.79 Å². The van der Waals surface area contributed by atoms with E-state index in [0.717, 1.165) is 0 Å². The van der Waals surface area contributed by atoms with Gasteiger partial charge in [-0.25, -0.2) is 4.79 Å². The van der Waals surface area contributed by atoms with Crippen LogP contribution in [0.2, 0.25) is 0 Å². The Balaban J connectivity index is 1.98. The van der Waals surface area contributed by atoms with Gasteiger partial charge in [0.05, 0.1) is 5.56 Å². The Morgan fingerprint density at radius 3 is 2.60 bits per heavy atom. The van der Waals surface area contributed by atoms with Crippen LogP contribution in [-0.4, -0.2) is 21.6 Å². The van der Waals surface area contributed by atoms with E-state index < -0.39 is 5.97 Å². The van der Waals surface area contributed by atoms with Crippen LogP contribution in [-0.2, 0) is 4.79 Å². The van der Waals surface area contributed by atoms with E-state index in [-0.39, 0.29) is 17.5 Å². The molecule has 0 aliphatic heterocycles. The minimum Gasteiger partial charge on any atom is -0.478 e. The zero-order valence-corrected chi connectivity index (χ0v) is 11.1. The molecule has 5 heteroatoms. The Morgan fingerprint density at radius 2 is 1.95 bits per heavy atom. The molecule has 20 heavy (non-hydrogen) atoms. The maximum absolute atomic E-state index is 11.9. The molecule has 0 aliphatic carbocycles. The third kappa shape index (κ3) is 3.47. The summed E-state index contributed by atoms with van der Waals surface area (Å²) >= 11 is 0. The predicted octanol–water partition coefficient (Wildman–Crippen LogP) is 2.78. The number of hydrogen-bond donors (Lipinski definition) is 2. The Hall–Kier alpha value is -2.56. The van der Waals surface area contributed by atoms with Crippen LogP contribution in [0.25, 0.3) is 0 Å². The molecule has 2 aromatic rings. The van der Waals surface area contributed by atoms with E-state index in [2.05, 4.69) is 5.32 Å². The van der Waals surface area contributed by atoms with Crippen LogP contribution < -0.4 is 5.32 Å². The number of carboxylic acids is 1. The van der Waals surface area contributed by atoms with E-state index in [1.807, 2.05) is 36.0 Å². The number of carboxylic acid groups (broad SMARTS) is 1. The van der Waals surface area contributed by atoms with Gasteiger partial charge in [0, 0.05) is 30.5 Å². The molecule has 0 saturated carbocycles. The molecule has 0 saturated heterocycles. The first-order valence-corrected chi connectivity index (χ1v) is 6.32. The number of aromatic carboxylic acids is 1. The minimum absolute atomic E-state index is 0.0488. The molecule has 0 unspecified atom stereocenters. The molecule has 1 atom stereocenters. The highest BCUT2D eigenvalue weighted by Gasteiger charge is 2.11. The summed E-state index contributed by atoms with van der Waals surface area (Å²) in [5.74, 6) is -1.16. The second kappa shape index (κ2) is 6.06. The number of carbonyl (C=O) groups excluding carboxylic acids is 1. The number of carbonyl (C=O) groups is 2. The molecule has 104 valence electrons. The Labute approximate surface area is 116 Å². The van der Waals surface area contributed by atoms with Gasteiger partial charge in [0.15, 0.2) is 0 Å². The predicted molar refractivity (Wildman–Crippen MR) is 75.8 cm³/mol. The highest BCUT2D eigenvalue weighted by Crippen LogP contribution is 2.14. The average molecular weight is 272 g/mol. The number of nitrogens with zero attached hydrogens (tertiary/aromatic N) is 1. The fourth-order valence-electron chi connectivity index (χ4n) is 1.96. The average Bonchev–Trinajstić information content (AvgIpc) is 2.92. The van der Waals surface area contributed by atoms with Crippen molar-refractivity contribution < 1.29 is 14.7 Å². The molecule has 2 N–H and O–H groups in total. The minimum atomic E-state index is -1.01. The molecule has 0 fully saturated rings. The van der Waals surface area contributed by atoms with Crippen molar-refractivity contribution in [3.8, 4) is 0 Å². The summed E-state index contributed by atoms with van der Waals surface area (Å²) in [4.78, 5) is 22.8. The lowest BCUT2D eigenvalue weighted by atomic mass is 10.2. The highest BCUT2D eigenvalue weighted by molar-refractivity contribution is 5.94. The van der Waals surface area contributed by atoms with Crippen LogP contribution in [0, 0.1) is 0 Å². The zero-order chi connectivity index (χ0) is 14.5. The highest BCUT2D eigenvalue weighted by atomic mass is 16.4. The van der Waals surface area contributed by atoms with E-state index in [0.29, 0.717) is 12.1 Å². The Morgan fingerprint density at radius 1 is 1.25 bits per heavy atom. The summed E-state index contributed by atoms with van der Waals surface area (Å²) in [5.41, 5.74) is 0.649. The van der Waals surface area contributed by atoms with Crippen molar-refractivity contribution in [3.63, 3.8) is 0 Å². The van der Waals surface area contributed by atoms with Crippen molar-refractivity contribution in [2.45, 2.75) is 19.4 Å². The quantitative estimate of drug-likeness (QED) is 0.879. The first-order valence-electron chi connectivity index (χ1n) is 6.32. The first kappa shape index (κ1) is 13.9. The Kier molecular flexibility index (Phi) is 4.20. The van der Waals surface area contributed by atoms with Crippen molar-refractivity contribution in [1.29, 1.82) is 0 Å². The molecule has 0 radical (unpaired) electrons. The molecule has 0 spiro atoms. The van der Waals surface area contributed by atoms with Gasteiger partial charge in [-0.15, -0.1) is 0 Å². The first-order chi connectivity index (χ1) is 9.56. The van der Waals surface area contributed by atoms with Crippen LogP contribution in [0.4, 0.5) is 5.69 Å². The number of nitrogens with one attached hydrogen (secondary N) is 1. The SMILES string of the molecule is C[C@@H](CC(=O)Nc1cccc(C(=O)O)c1)n1cccc1. The molecular formula is C15H16N2O3. The monoisotopic (exact) mass is 272 g/mol. The summed E-state index contributed by atoms with van der Waals surface area (Å²) in [6.45, 7) is 1.95. The van der Waals surface area contributed by atoms with Gasteiger partial charge in [-0.2, -0.15) is 0 Å². The fraction of sp³-hybridized carbons (Fsp3) is 0.200.